The van der Waals surface area contributed by atoms with Gasteiger partial charge in [0.25, 0.3) is 11.8 Å². The third kappa shape index (κ3) is 10.8. The number of imide groups is 1. The third-order valence-electron chi connectivity index (χ3n) is 11.7. The number of aryl methyl sites for hydroxylation is 5. The summed E-state index contributed by atoms with van der Waals surface area (Å²) in [4.78, 5) is 26.7. The van der Waals surface area contributed by atoms with Crippen molar-refractivity contribution in [3.8, 4) is 33.4 Å². The zero-order chi connectivity index (χ0) is 46.3. The van der Waals surface area contributed by atoms with Gasteiger partial charge in [0.1, 0.15) is 11.6 Å². The summed E-state index contributed by atoms with van der Waals surface area (Å²) in [5, 5.41) is 8.84. The lowest BCUT2D eigenvalue weighted by atomic mass is 9.94. The van der Waals surface area contributed by atoms with E-state index in [1.165, 1.54) is 44.1 Å². The van der Waals surface area contributed by atoms with Crippen molar-refractivity contribution >= 4 is 27.5 Å². The summed E-state index contributed by atoms with van der Waals surface area (Å²) in [6.07, 6.45) is 2.25. The molecule has 0 radical (unpaired) electrons. The van der Waals surface area contributed by atoms with Gasteiger partial charge in [-0.05, 0) is 157 Å². The van der Waals surface area contributed by atoms with Crippen LogP contribution in [0.1, 0.15) is 66.9 Å². The molecule has 2 aliphatic heterocycles. The number of hydrogen-bond acceptors (Lipinski definition) is 5. The molecule has 2 aliphatic rings. The molecule has 10 heteroatoms. The summed E-state index contributed by atoms with van der Waals surface area (Å²) >= 11 is 0. The van der Waals surface area contributed by atoms with Crippen LogP contribution in [0.4, 0.5) is 14.5 Å². The molecule has 332 valence electrons. The average molecular weight is 891 g/mol. The van der Waals surface area contributed by atoms with Crippen molar-refractivity contribution in [3.63, 3.8) is 0 Å². The molecule has 0 bridgehead atoms. The standard InChI is InChI=1S/C23H19NO2.C16H16FNO2S.C16H17FO/c1-15-11-12-16(2)21(13-15)18-8-4-3-7-17(18)14-24-22(25)19-9-5-6-10-20(19)23(24)26;1-12-6-7-14(17)11-16(12)13-4-2-5-15(10-13)18-8-3-9-21(18,19)20;1-12-7-8-15(17)11-16(12)14-6-2-4-13(10-14)5-3-9-18/h3-13H,14H2,1-2H3;2,4-7,10-11H,3,8-9H2,1H3;2,4,6-8,10-11,18H,3,5,9H2,1H3. The van der Waals surface area contributed by atoms with E-state index in [0.717, 1.165) is 62.9 Å². The molecule has 9 rings (SSSR count). The van der Waals surface area contributed by atoms with E-state index in [9.17, 15) is 26.8 Å². The maximum absolute atomic E-state index is 13.5. The predicted molar refractivity (Wildman–Crippen MR) is 256 cm³/mol. The van der Waals surface area contributed by atoms with Gasteiger partial charge in [0.15, 0.2) is 0 Å². The van der Waals surface area contributed by atoms with Crippen LogP contribution in [-0.2, 0) is 23.0 Å². The number of rotatable bonds is 9. The van der Waals surface area contributed by atoms with Gasteiger partial charge >= 0.3 is 0 Å². The van der Waals surface area contributed by atoms with Gasteiger partial charge in [-0.1, -0.05) is 109 Å². The highest BCUT2D eigenvalue weighted by Crippen LogP contribution is 2.33. The minimum atomic E-state index is -3.20. The Labute approximate surface area is 380 Å². The number of amides is 2. The minimum absolute atomic E-state index is 0.191. The Morgan fingerprint density at radius 1 is 0.569 bits per heavy atom. The van der Waals surface area contributed by atoms with E-state index in [-0.39, 0.29) is 42.4 Å². The summed E-state index contributed by atoms with van der Waals surface area (Å²) in [7, 11) is -3.20. The van der Waals surface area contributed by atoms with Gasteiger partial charge < -0.3 is 5.11 Å². The fourth-order valence-corrected chi connectivity index (χ4v) is 9.80. The first kappa shape index (κ1) is 46.2. The minimum Gasteiger partial charge on any atom is -0.396 e. The van der Waals surface area contributed by atoms with E-state index >= 15 is 0 Å². The first-order chi connectivity index (χ1) is 31.2. The molecular formula is C55H52F2N2O5S. The van der Waals surface area contributed by atoms with Crippen molar-refractivity contribution in [2.45, 2.75) is 53.5 Å². The van der Waals surface area contributed by atoms with Gasteiger partial charge in [0.05, 0.1) is 29.1 Å². The van der Waals surface area contributed by atoms with Crippen LogP contribution in [-0.4, -0.2) is 49.1 Å². The number of fused-ring (bicyclic) bond motifs is 1. The Morgan fingerprint density at radius 3 is 1.72 bits per heavy atom. The van der Waals surface area contributed by atoms with Crippen LogP contribution in [0.3, 0.4) is 0 Å². The van der Waals surface area contributed by atoms with Crippen LogP contribution >= 0.6 is 0 Å². The number of benzene rings is 7. The molecule has 7 aromatic rings. The van der Waals surface area contributed by atoms with Gasteiger partial charge in [-0.25, -0.2) is 17.2 Å². The molecular weight excluding hydrogens is 839 g/mol. The monoisotopic (exact) mass is 890 g/mol. The van der Waals surface area contributed by atoms with E-state index in [1.54, 1.807) is 48.5 Å². The highest BCUT2D eigenvalue weighted by atomic mass is 32.2. The van der Waals surface area contributed by atoms with Crippen LogP contribution in [0.15, 0.2) is 152 Å². The van der Waals surface area contributed by atoms with Crippen molar-refractivity contribution < 1.29 is 31.9 Å². The fourth-order valence-electron chi connectivity index (χ4n) is 8.25. The highest BCUT2D eigenvalue weighted by Gasteiger charge is 2.35. The first-order valence-electron chi connectivity index (χ1n) is 21.7. The summed E-state index contributed by atoms with van der Waals surface area (Å²) in [6, 6.07) is 46.1. The van der Waals surface area contributed by atoms with Crippen molar-refractivity contribution in [1.29, 1.82) is 0 Å². The summed E-state index contributed by atoms with van der Waals surface area (Å²) in [5.74, 6) is -0.759. The number of sulfonamides is 1. The van der Waals surface area contributed by atoms with Gasteiger partial charge in [-0.2, -0.15) is 0 Å². The zero-order valence-electron chi connectivity index (χ0n) is 37.0. The number of anilines is 1. The number of hydrogen-bond donors (Lipinski definition) is 1. The second-order valence-corrected chi connectivity index (χ2v) is 18.5. The Kier molecular flexibility index (Phi) is 14.5. The van der Waals surface area contributed by atoms with Crippen LogP contribution in [0, 0.1) is 39.3 Å². The molecule has 1 N–H and O–H groups in total. The van der Waals surface area contributed by atoms with Crippen LogP contribution < -0.4 is 4.31 Å². The number of halogens is 2. The number of carbonyl (C=O) groups is 2. The van der Waals surface area contributed by atoms with Crippen LogP contribution in [0.5, 0.6) is 0 Å². The number of carbonyl (C=O) groups excluding carboxylic acids is 2. The molecule has 1 saturated heterocycles. The molecule has 65 heavy (non-hydrogen) atoms. The molecule has 0 aliphatic carbocycles. The Hall–Kier alpha value is -6.75. The van der Waals surface area contributed by atoms with E-state index < -0.39 is 10.0 Å². The highest BCUT2D eigenvalue weighted by molar-refractivity contribution is 7.93. The second-order valence-electron chi connectivity index (χ2n) is 16.5. The topological polar surface area (TPSA) is 95.0 Å². The molecule has 7 aromatic carbocycles. The number of aliphatic hydroxyl groups excluding tert-OH is 1. The molecule has 0 atom stereocenters. The quantitative estimate of drug-likeness (QED) is 0.146. The lowest BCUT2D eigenvalue weighted by Gasteiger charge is -2.18. The van der Waals surface area contributed by atoms with Crippen molar-refractivity contribution in [2.75, 3.05) is 23.2 Å². The SMILES string of the molecule is Cc1ccc(C)c(-c2ccccc2CN2C(=O)c3ccccc3C2=O)c1.Cc1ccc(F)cc1-c1cccc(CCCO)c1.Cc1ccc(F)cc1-c1cccc(N2CCCS2(=O)=O)c1. The first-order valence-corrected chi connectivity index (χ1v) is 23.3. The Balaban J connectivity index is 0.000000148. The largest absolute Gasteiger partial charge is 0.396 e. The third-order valence-corrected chi connectivity index (χ3v) is 13.6. The zero-order valence-corrected chi connectivity index (χ0v) is 37.8. The van der Waals surface area contributed by atoms with Crippen molar-refractivity contribution in [3.05, 3.63) is 208 Å². The molecule has 2 amide bonds. The van der Waals surface area contributed by atoms with Gasteiger partial charge in [-0.15, -0.1) is 0 Å². The lowest BCUT2D eigenvalue weighted by Crippen LogP contribution is -2.29. The Bertz CT molecular complexity index is 2950. The number of nitrogens with zero attached hydrogens (tertiary/aromatic N) is 2. The molecule has 0 unspecified atom stereocenters. The normalized spacial score (nSPS) is 13.8. The predicted octanol–water partition coefficient (Wildman–Crippen LogP) is 11.8. The average Bonchev–Trinajstić information content (AvgIpc) is 3.79. The van der Waals surface area contributed by atoms with Crippen LogP contribution in [0.25, 0.3) is 33.4 Å². The van der Waals surface area contributed by atoms with E-state index in [1.807, 2.05) is 68.4 Å². The lowest BCUT2D eigenvalue weighted by molar-refractivity contribution is 0.0642. The van der Waals surface area contributed by atoms with E-state index in [2.05, 4.69) is 44.2 Å². The fraction of sp³-hybridized carbons (Fsp3) is 0.200. The molecule has 0 aromatic heterocycles. The summed E-state index contributed by atoms with van der Waals surface area (Å²) < 4.78 is 52.2. The maximum Gasteiger partial charge on any atom is 0.261 e. The molecule has 1 fully saturated rings. The smallest absolute Gasteiger partial charge is 0.261 e. The Morgan fingerprint density at radius 2 is 1.12 bits per heavy atom. The number of aliphatic hydroxyl groups is 1. The van der Waals surface area contributed by atoms with Crippen LogP contribution in [0.2, 0.25) is 0 Å². The van der Waals surface area contributed by atoms with Crippen molar-refractivity contribution in [2.24, 2.45) is 0 Å². The molecule has 0 saturated carbocycles. The molecule has 0 spiro atoms. The van der Waals surface area contributed by atoms with E-state index in [4.69, 9.17) is 5.11 Å². The van der Waals surface area contributed by atoms with E-state index in [0.29, 0.717) is 29.8 Å². The summed E-state index contributed by atoms with van der Waals surface area (Å²) in [6.45, 7) is 9.01. The van der Waals surface area contributed by atoms with Gasteiger partial charge in [0.2, 0.25) is 10.0 Å². The van der Waals surface area contributed by atoms with Crippen molar-refractivity contribution in [1.82, 2.24) is 4.90 Å². The maximum atomic E-state index is 13.5. The second kappa shape index (κ2) is 20.4. The summed E-state index contributed by atoms with van der Waals surface area (Å²) in [5.41, 5.74) is 13.9. The van der Waals surface area contributed by atoms with Gasteiger partial charge in [0, 0.05) is 13.2 Å². The molecule has 2 heterocycles. The molecule has 7 nitrogen and oxygen atoms in total. The van der Waals surface area contributed by atoms with Gasteiger partial charge in [-0.3, -0.25) is 18.8 Å².